The molecule has 2 aromatic heterocycles. The van der Waals surface area contributed by atoms with Crippen LogP contribution in [0, 0.1) is 0 Å². The van der Waals surface area contributed by atoms with Crippen molar-refractivity contribution in [1.29, 1.82) is 0 Å². The van der Waals surface area contributed by atoms with Crippen molar-refractivity contribution in [2.75, 3.05) is 0 Å². The SMILES string of the molecule is O=Cc1c(C2=CC(=O)C=CC2=O)nc2sccn12. The standard InChI is InChI=1S/C12H6N2O3S/c15-6-9-11(13-12-14(9)3-4-18-12)8-5-7(16)1-2-10(8)17/h1-6H. The van der Waals surface area contributed by atoms with E-state index in [1.54, 1.807) is 16.0 Å². The molecule has 1 aliphatic rings. The number of carbonyl (C=O) groups is 3. The summed E-state index contributed by atoms with van der Waals surface area (Å²) in [6.45, 7) is 0. The maximum Gasteiger partial charge on any atom is 0.194 e. The summed E-state index contributed by atoms with van der Waals surface area (Å²) in [4.78, 5) is 39.0. The Morgan fingerprint density at radius 1 is 1.28 bits per heavy atom. The number of ketones is 2. The number of thiazole rings is 1. The normalized spacial score (nSPS) is 15.2. The van der Waals surface area contributed by atoms with Crippen LogP contribution in [0.1, 0.15) is 16.2 Å². The number of aldehydes is 1. The van der Waals surface area contributed by atoms with E-state index in [1.165, 1.54) is 29.6 Å². The van der Waals surface area contributed by atoms with E-state index in [9.17, 15) is 14.4 Å². The lowest BCUT2D eigenvalue weighted by Crippen LogP contribution is -2.08. The zero-order valence-electron chi connectivity index (χ0n) is 8.99. The van der Waals surface area contributed by atoms with Gasteiger partial charge in [0.2, 0.25) is 0 Å². The Morgan fingerprint density at radius 2 is 2.11 bits per heavy atom. The minimum absolute atomic E-state index is 0.167. The monoisotopic (exact) mass is 258 g/mol. The van der Waals surface area contributed by atoms with Gasteiger partial charge in [-0.1, -0.05) is 0 Å². The van der Waals surface area contributed by atoms with Crippen LogP contribution in [-0.4, -0.2) is 27.2 Å². The Labute approximate surface area is 105 Å². The number of rotatable bonds is 2. The van der Waals surface area contributed by atoms with E-state index in [2.05, 4.69) is 4.98 Å². The molecule has 2 aromatic rings. The highest BCUT2D eigenvalue weighted by Gasteiger charge is 2.22. The highest BCUT2D eigenvalue weighted by atomic mass is 32.1. The van der Waals surface area contributed by atoms with Crippen LogP contribution in [0.4, 0.5) is 0 Å². The molecule has 0 saturated carbocycles. The minimum Gasteiger partial charge on any atom is -0.296 e. The summed E-state index contributed by atoms with van der Waals surface area (Å²) < 4.78 is 1.60. The summed E-state index contributed by atoms with van der Waals surface area (Å²) in [5.41, 5.74) is 0.717. The summed E-state index contributed by atoms with van der Waals surface area (Å²) >= 11 is 1.36. The highest BCUT2D eigenvalue weighted by molar-refractivity contribution is 7.15. The first kappa shape index (κ1) is 10.8. The third-order valence-corrected chi connectivity index (χ3v) is 3.37. The number of hydrogen-bond acceptors (Lipinski definition) is 5. The van der Waals surface area contributed by atoms with Crippen molar-refractivity contribution >= 4 is 39.7 Å². The van der Waals surface area contributed by atoms with Crippen molar-refractivity contribution in [2.45, 2.75) is 0 Å². The van der Waals surface area contributed by atoms with Gasteiger partial charge in [-0.2, -0.15) is 0 Å². The molecule has 6 heteroatoms. The average Bonchev–Trinajstić information content (AvgIpc) is 2.91. The number of aromatic nitrogens is 2. The van der Waals surface area contributed by atoms with Crippen molar-refractivity contribution in [2.24, 2.45) is 0 Å². The molecule has 0 aliphatic heterocycles. The third-order valence-electron chi connectivity index (χ3n) is 2.62. The van der Waals surface area contributed by atoms with E-state index in [0.717, 1.165) is 0 Å². The zero-order valence-corrected chi connectivity index (χ0v) is 9.81. The number of hydrogen-bond donors (Lipinski definition) is 0. The van der Waals surface area contributed by atoms with Gasteiger partial charge in [0.05, 0.1) is 5.57 Å². The van der Waals surface area contributed by atoms with Gasteiger partial charge in [0.15, 0.2) is 22.8 Å². The largest absolute Gasteiger partial charge is 0.296 e. The molecule has 0 N–H and O–H groups in total. The van der Waals surface area contributed by atoms with E-state index in [1.807, 2.05) is 0 Å². The molecule has 18 heavy (non-hydrogen) atoms. The predicted octanol–water partition coefficient (Wildman–Crippen LogP) is 1.30. The number of nitrogens with zero attached hydrogens (tertiary/aromatic N) is 2. The highest BCUT2D eigenvalue weighted by Crippen LogP contribution is 2.24. The molecule has 2 heterocycles. The average molecular weight is 258 g/mol. The van der Waals surface area contributed by atoms with Gasteiger partial charge >= 0.3 is 0 Å². The Kier molecular flexibility index (Phi) is 2.31. The minimum atomic E-state index is -0.316. The first-order valence-corrected chi connectivity index (χ1v) is 5.98. The molecule has 3 rings (SSSR count). The molecule has 0 saturated heterocycles. The van der Waals surface area contributed by atoms with Crippen LogP contribution < -0.4 is 0 Å². The molecule has 0 unspecified atom stereocenters. The number of carbonyl (C=O) groups excluding carboxylic acids is 3. The van der Waals surface area contributed by atoms with Gasteiger partial charge in [-0.25, -0.2) is 4.98 Å². The second-order valence-electron chi connectivity index (χ2n) is 3.68. The third kappa shape index (κ3) is 1.46. The van der Waals surface area contributed by atoms with E-state index in [-0.39, 0.29) is 28.5 Å². The molecule has 0 amide bonds. The topological polar surface area (TPSA) is 68.5 Å². The summed E-state index contributed by atoms with van der Waals surface area (Å²) in [6, 6.07) is 0. The summed E-state index contributed by atoms with van der Waals surface area (Å²) in [5.74, 6) is -0.596. The predicted molar refractivity (Wildman–Crippen MR) is 65.6 cm³/mol. The maximum absolute atomic E-state index is 11.7. The van der Waals surface area contributed by atoms with Crippen LogP contribution in [0.15, 0.2) is 29.8 Å². The lowest BCUT2D eigenvalue weighted by molar-refractivity contribution is -0.113. The van der Waals surface area contributed by atoms with Gasteiger partial charge in [0, 0.05) is 11.6 Å². The molecule has 5 nitrogen and oxygen atoms in total. The summed E-state index contributed by atoms with van der Waals surface area (Å²) in [7, 11) is 0. The molecule has 0 bridgehead atoms. The lowest BCUT2D eigenvalue weighted by Gasteiger charge is -2.04. The number of imidazole rings is 1. The molecule has 88 valence electrons. The zero-order chi connectivity index (χ0) is 12.7. The van der Waals surface area contributed by atoms with Crippen LogP contribution in [0.25, 0.3) is 10.5 Å². The summed E-state index contributed by atoms with van der Waals surface area (Å²) in [5, 5.41) is 1.79. The lowest BCUT2D eigenvalue weighted by atomic mass is 10.00. The molecule has 0 radical (unpaired) electrons. The fourth-order valence-electron chi connectivity index (χ4n) is 1.81. The van der Waals surface area contributed by atoms with Gasteiger partial charge in [0.1, 0.15) is 11.4 Å². The van der Waals surface area contributed by atoms with Crippen molar-refractivity contribution < 1.29 is 14.4 Å². The smallest absolute Gasteiger partial charge is 0.194 e. The Hall–Kier alpha value is -2.34. The molecule has 0 aromatic carbocycles. The van der Waals surface area contributed by atoms with Gasteiger partial charge < -0.3 is 0 Å². The molecule has 0 spiro atoms. The van der Waals surface area contributed by atoms with E-state index >= 15 is 0 Å². The van der Waals surface area contributed by atoms with Crippen LogP contribution in [0.3, 0.4) is 0 Å². The molecular formula is C12H6N2O3S. The van der Waals surface area contributed by atoms with Crippen molar-refractivity contribution in [3.05, 3.63) is 41.2 Å². The van der Waals surface area contributed by atoms with Crippen molar-refractivity contribution in [3.8, 4) is 0 Å². The quantitative estimate of drug-likeness (QED) is 0.601. The molecular weight excluding hydrogens is 252 g/mol. The summed E-state index contributed by atoms with van der Waals surface area (Å²) in [6.07, 6.45) is 5.94. The van der Waals surface area contributed by atoms with Crippen LogP contribution in [0.2, 0.25) is 0 Å². The van der Waals surface area contributed by atoms with Gasteiger partial charge in [-0.05, 0) is 18.2 Å². The van der Waals surface area contributed by atoms with Crippen LogP contribution >= 0.6 is 11.3 Å². The van der Waals surface area contributed by atoms with Crippen molar-refractivity contribution in [3.63, 3.8) is 0 Å². The molecule has 0 fully saturated rings. The second kappa shape index (κ2) is 3.85. The molecule has 1 aliphatic carbocycles. The Bertz CT molecular complexity index is 749. The van der Waals surface area contributed by atoms with Crippen LogP contribution in [-0.2, 0) is 9.59 Å². The fourth-order valence-corrected chi connectivity index (χ4v) is 2.53. The Balaban J connectivity index is 2.25. The fraction of sp³-hybridized carbons (Fsp3) is 0. The van der Waals surface area contributed by atoms with E-state index in [4.69, 9.17) is 0 Å². The molecule has 0 atom stereocenters. The number of allylic oxidation sites excluding steroid dienone is 4. The van der Waals surface area contributed by atoms with E-state index in [0.29, 0.717) is 11.2 Å². The first-order chi connectivity index (χ1) is 8.70. The van der Waals surface area contributed by atoms with Gasteiger partial charge in [-0.3, -0.25) is 18.8 Å². The Morgan fingerprint density at radius 3 is 2.89 bits per heavy atom. The van der Waals surface area contributed by atoms with Crippen LogP contribution in [0.5, 0.6) is 0 Å². The van der Waals surface area contributed by atoms with Gasteiger partial charge in [0.25, 0.3) is 0 Å². The van der Waals surface area contributed by atoms with Gasteiger partial charge in [-0.15, -0.1) is 11.3 Å². The number of fused-ring (bicyclic) bond motifs is 1. The van der Waals surface area contributed by atoms with Crippen molar-refractivity contribution in [1.82, 2.24) is 9.38 Å². The first-order valence-electron chi connectivity index (χ1n) is 5.10. The van der Waals surface area contributed by atoms with E-state index < -0.39 is 0 Å². The maximum atomic E-state index is 11.7. The second-order valence-corrected chi connectivity index (χ2v) is 4.55.